The molecular weight excluding hydrogens is 390 g/mol. The first-order valence-corrected chi connectivity index (χ1v) is 10.2. The zero-order valence-electron chi connectivity index (χ0n) is 16.4. The molecule has 0 radical (unpaired) electrons. The topological polar surface area (TPSA) is 108 Å². The minimum Gasteiger partial charge on any atom is -0.326 e. The number of hydrogen-bond acceptors (Lipinski definition) is 7. The molecule has 0 saturated carbocycles. The Morgan fingerprint density at radius 3 is 2.66 bits per heavy atom. The minimum atomic E-state index is -0.313. The molecule has 0 fully saturated rings. The van der Waals surface area contributed by atoms with E-state index >= 15 is 0 Å². The van der Waals surface area contributed by atoms with Crippen molar-refractivity contribution >= 4 is 23.4 Å². The van der Waals surface area contributed by atoms with Gasteiger partial charge in [-0.3, -0.25) is 14.2 Å². The molecule has 0 aliphatic carbocycles. The first-order chi connectivity index (χ1) is 13.8. The fraction of sp³-hybridized carbons (Fsp3) is 0.368. The van der Waals surface area contributed by atoms with E-state index < -0.39 is 0 Å². The van der Waals surface area contributed by atoms with Crippen LogP contribution in [0.15, 0.2) is 46.6 Å². The summed E-state index contributed by atoms with van der Waals surface area (Å²) < 4.78 is 3.13. The second kappa shape index (κ2) is 7.43. The highest BCUT2D eigenvalue weighted by molar-refractivity contribution is 7.99. The van der Waals surface area contributed by atoms with Gasteiger partial charge in [0.2, 0.25) is 5.91 Å². The van der Waals surface area contributed by atoms with Gasteiger partial charge in [-0.25, -0.2) is 9.67 Å². The van der Waals surface area contributed by atoms with Gasteiger partial charge < -0.3 is 5.32 Å². The molecule has 1 amide bonds. The molecule has 2 aromatic heterocycles. The van der Waals surface area contributed by atoms with E-state index in [4.69, 9.17) is 0 Å². The molecule has 10 heteroatoms. The average molecular weight is 411 g/mol. The van der Waals surface area contributed by atoms with E-state index in [1.165, 1.54) is 22.8 Å². The lowest BCUT2D eigenvalue weighted by Gasteiger charge is -2.26. The molecule has 1 aromatic carbocycles. The number of thioether (sulfide) groups is 1. The molecule has 0 bridgehead atoms. The molecule has 1 aliphatic heterocycles. The Labute approximate surface area is 171 Å². The van der Waals surface area contributed by atoms with Crippen molar-refractivity contribution in [3.05, 3.63) is 52.7 Å². The summed E-state index contributed by atoms with van der Waals surface area (Å²) in [6.07, 6.45) is 1.50. The maximum atomic E-state index is 12.7. The van der Waals surface area contributed by atoms with Gasteiger partial charge >= 0.3 is 0 Å². The van der Waals surface area contributed by atoms with Crippen LogP contribution >= 0.6 is 11.8 Å². The summed E-state index contributed by atoms with van der Waals surface area (Å²) >= 11 is 1.45. The maximum absolute atomic E-state index is 12.7. The SMILES string of the molecule is CC(C)(C)c1cc(=O)n2c(n1)SCC(C(=O)Nc1ccc(-n3cnnn3)cc1)C2. The fourth-order valence-electron chi connectivity index (χ4n) is 2.98. The standard InChI is InChI=1S/C19H21N7O2S/c1-19(2,3)15-8-16(27)25-9-12(10-29-18(25)22-15)17(28)21-13-4-6-14(7-5-13)26-11-20-23-24-26/h4-8,11-12H,9-10H2,1-3H3,(H,21,28). The number of nitrogens with one attached hydrogen (secondary N) is 1. The number of hydrogen-bond donors (Lipinski definition) is 1. The van der Waals surface area contributed by atoms with Crippen molar-refractivity contribution in [1.82, 2.24) is 29.8 Å². The number of rotatable bonds is 3. The number of amides is 1. The van der Waals surface area contributed by atoms with Crippen LogP contribution in [-0.4, -0.2) is 41.4 Å². The van der Waals surface area contributed by atoms with Gasteiger partial charge in [-0.05, 0) is 34.7 Å². The zero-order chi connectivity index (χ0) is 20.6. The van der Waals surface area contributed by atoms with Crippen molar-refractivity contribution in [2.75, 3.05) is 11.1 Å². The predicted molar refractivity (Wildman–Crippen MR) is 109 cm³/mol. The van der Waals surface area contributed by atoms with E-state index in [1.807, 2.05) is 32.9 Å². The van der Waals surface area contributed by atoms with Crippen LogP contribution in [0.25, 0.3) is 5.69 Å². The minimum absolute atomic E-state index is 0.115. The summed E-state index contributed by atoms with van der Waals surface area (Å²) in [6, 6.07) is 8.80. The summed E-state index contributed by atoms with van der Waals surface area (Å²) in [6.45, 7) is 6.41. The molecule has 1 unspecified atom stereocenters. The molecule has 0 spiro atoms. The van der Waals surface area contributed by atoms with Gasteiger partial charge in [0.15, 0.2) is 5.16 Å². The smallest absolute Gasteiger partial charge is 0.254 e. The Hall–Kier alpha value is -3.01. The first kappa shape index (κ1) is 19.3. The molecule has 150 valence electrons. The highest BCUT2D eigenvalue weighted by Crippen LogP contribution is 2.28. The Bertz CT molecular complexity index is 1090. The third-order valence-corrected chi connectivity index (χ3v) is 5.82. The molecule has 29 heavy (non-hydrogen) atoms. The summed E-state index contributed by atoms with van der Waals surface area (Å²) in [4.78, 5) is 29.9. The molecule has 9 nitrogen and oxygen atoms in total. The van der Waals surface area contributed by atoms with E-state index in [0.29, 0.717) is 23.1 Å². The Balaban J connectivity index is 1.47. The predicted octanol–water partition coefficient (Wildman–Crippen LogP) is 1.88. The average Bonchev–Trinajstić information content (AvgIpc) is 3.22. The maximum Gasteiger partial charge on any atom is 0.254 e. The first-order valence-electron chi connectivity index (χ1n) is 9.21. The quantitative estimate of drug-likeness (QED) is 0.656. The van der Waals surface area contributed by atoms with Gasteiger partial charge in [0.25, 0.3) is 5.56 Å². The van der Waals surface area contributed by atoms with Crippen molar-refractivity contribution in [3.63, 3.8) is 0 Å². The van der Waals surface area contributed by atoms with E-state index in [0.717, 1.165) is 11.4 Å². The van der Waals surface area contributed by atoms with E-state index in [2.05, 4.69) is 25.8 Å². The number of anilines is 1. The van der Waals surface area contributed by atoms with Crippen molar-refractivity contribution < 1.29 is 4.79 Å². The lowest BCUT2D eigenvalue weighted by molar-refractivity contribution is -0.119. The summed E-state index contributed by atoms with van der Waals surface area (Å²) in [5, 5.41) is 14.6. The second-order valence-electron chi connectivity index (χ2n) is 7.92. The van der Waals surface area contributed by atoms with Crippen LogP contribution in [0.3, 0.4) is 0 Å². The number of aromatic nitrogens is 6. The Morgan fingerprint density at radius 1 is 1.24 bits per heavy atom. The van der Waals surface area contributed by atoms with Crippen LogP contribution in [-0.2, 0) is 16.8 Å². The normalized spacial score (nSPS) is 16.3. The van der Waals surface area contributed by atoms with Crippen LogP contribution in [0.1, 0.15) is 26.5 Å². The molecule has 4 rings (SSSR count). The number of fused-ring (bicyclic) bond motifs is 1. The van der Waals surface area contributed by atoms with E-state index in [-0.39, 0.29) is 22.8 Å². The van der Waals surface area contributed by atoms with Crippen molar-refractivity contribution in [1.29, 1.82) is 0 Å². The molecule has 0 saturated heterocycles. The van der Waals surface area contributed by atoms with Gasteiger partial charge in [-0.1, -0.05) is 32.5 Å². The molecular formula is C19H21N7O2S. The molecule has 1 aliphatic rings. The van der Waals surface area contributed by atoms with Crippen molar-refractivity contribution in [2.24, 2.45) is 5.92 Å². The van der Waals surface area contributed by atoms with Crippen molar-refractivity contribution in [2.45, 2.75) is 37.9 Å². The summed E-state index contributed by atoms with van der Waals surface area (Å²) in [5.74, 6) is 0.144. The zero-order valence-corrected chi connectivity index (χ0v) is 17.2. The van der Waals surface area contributed by atoms with Gasteiger partial charge in [0.05, 0.1) is 17.3 Å². The Kier molecular flexibility index (Phi) is 4.95. The molecule has 1 atom stereocenters. The summed E-state index contributed by atoms with van der Waals surface area (Å²) in [5.41, 5.74) is 1.93. The number of nitrogens with zero attached hydrogens (tertiary/aromatic N) is 6. The van der Waals surface area contributed by atoms with Crippen LogP contribution in [0.5, 0.6) is 0 Å². The van der Waals surface area contributed by atoms with Gasteiger partial charge in [-0.2, -0.15) is 0 Å². The second-order valence-corrected chi connectivity index (χ2v) is 8.91. The van der Waals surface area contributed by atoms with Crippen LogP contribution in [0, 0.1) is 5.92 Å². The highest BCUT2D eigenvalue weighted by atomic mass is 32.2. The molecule has 3 heterocycles. The lowest BCUT2D eigenvalue weighted by Crippen LogP contribution is -2.37. The van der Waals surface area contributed by atoms with Gasteiger partial charge in [-0.15, -0.1) is 5.10 Å². The van der Waals surface area contributed by atoms with Gasteiger partial charge in [0, 0.05) is 29.5 Å². The number of tetrazole rings is 1. The van der Waals surface area contributed by atoms with Gasteiger partial charge in [0.1, 0.15) is 6.33 Å². The fourth-order valence-corrected chi connectivity index (χ4v) is 4.07. The van der Waals surface area contributed by atoms with Crippen molar-refractivity contribution in [3.8, 4) is 5.69 Å². The van der Waals surface area contributed by atoms with E-state index in [1.54, 1.807) is 22.8 Å². The van der Waals surface area contributed by atoms with Crippen LogP contribution in [0.4, 0.5) is 5.69 Å². The molecule has 1 N–H and O–H groups in total. The third-order valence-electron chi connectivity index (χ3n) is 4.68. The van der Waals surface area contributed by atoms with Crippen LogP contribution in [0.2, 0.25) is 0 Å². The Morgan fingerprint density at radius 2 is 2.00 bits per heavy atom. The number of carbonyl (C=O) groups is 1. The monoisotopic (exact) mass is 411 g/mol. The van der Waals surface area contributed by atoms with E-state index in [9.17, 15) is 9.59 Å². The number of carbonyl (C=O) groups excluding carboxylic acids is 1. The third kappa shape index (κ3) is 4.07. The highest BCUT2D eigenvalue weighted by Gasteiger charge is 2.28. The summed E-state index contributed by atoms with van der Waals surface area (Å²) in [7, 11) is 0. The number of benzene rings is 1. The lowest BCUT2D eigenvalue weighted by atomic mass is 9.92. The van der Waals surface area contributed by atoms with Crippen LogP contribution < -0.4 is 10.9 Å². The molecule has 3 aromatic rings. The largest absolute Gasteiger partial charge is 0.326 e.